The van der Waals surface area contributed by atoms with E-state index in [9.17, 15) is 0 Å². The third-order valence-electron chi connectivity index (χ3n) is 8.01. The van der Waals surface area contributed by atoms with Crippen molar-refractivity contribution in [2.45, 2.75) is 40.4 Å². The second-order valence-electron chi connectivity index (χ2n) is 11.5. The van der Waals surface area contributed by atoms with Crippen molar-refractivity contribution in [3.8, 4) is 16.9 Å². The van der Waals surface area contributed by atoms with Gasteiger partial charge < -0.3 is 4.57 Å². The largest absolute Gasteiger partial charge is 0.308 e. The number of nitrogens with zero attached hydrogens (tertiary/aromatic N) is 2. The summed E-state index contributed by atoms with van der Waals surface area (Å²) in [6, 6.07) is 31.7. The molecule has 0 N–H and O–H groups in total. The summed E-state index contributed by atoms with van der Waals surface area (Å²) in [4.78, 5) is 0. The average Bonchev–Trinajstić information content (AvgIpc) is 3.21. The molecule has 0 saturated heterocycles. The molecule has 6 rings (SSSR count). The molecule has 2 heterocycles. The number of para-hydroxylation sites is 2. The Kier molecular flexibility index (Phi) is 5.39. The van der Waals surface area contributed by atoms with E-state index >= 15 is 0 Å². The lowest BCUT2D eigenvalue weighted by molar-refractivity contribution is -0.633. The molecule has 4 aromatic carbocycles. The van der Waals surface area contributed by atoms with Crippen LogP contribution < -0.4 is 9.75 Å². The van der Waals surface area contributed by atoms with Gasteiger partial charge in [-0.15, -0.1) is 0 Å². The van der Waals surface area contributed by atoms with Crippen LogP contribution in [0.15, 0.2) is 84.9 Å². The Labute approximate surface area is 220 Å². The van der Waals surface area contributed by atoms with E-state index in [0.717, 1.165) is 0 Å². The normalized spacial score (nSPS) is 12.2. The minimum Gasteiger partial charge on any atom is -0.308 e. The van der Waals surface area contributed by atoms with Gasteiger partial charge in [-0.3, -0.25) is 0 Å². The summed E-state index contributed by atoms with van der Waals surface area (Å²) in [5.41, 5.74) is 11.5. The summed E-state index contributed by atoms with van der Waals surface area (Å²) in [6.07, 6.45) is 0. The first-order valence-electron chi connectivity index (χ1n) is 13.2. The van der Waals surface area contributed by atoms with Crippen molar-refractivity contribution < 1.29 is 4.57 Å². The highest BCUT2D eigenvalue weighted by Gasteiger charge is 2.26. The predicted octanol–water partition coefficient (Wildman–Crippen LogP) is 7.90. The predicted molar refractivity (Wildman–Crippen MR) is 162 cm³/mol. The highest BCUT2D eigenvalue weighted by molar-refractivity contribution is 6.90. The van der Waals surface area contributed by atoms with Crippen molar-refractivity contribution in [2.24, 2.45) is 7.05 Å². The van der Waals surface area contributed by atoms with E-state index in [1.807, 2.05) is 0 Å². The molecule has 0 amide bonds. The molecular weight excluding hydrogens is 464 g/mol. The molecular formula is C34H35N2Si+. The van der Waals surface area contributed by atoms with Crippen LogP contribution in [0.2, 0.25) is 19.6 Å². The van der Waals surface area contributed by atoms with Gasteiger partial charge in [0.15, 0.2) is 0 Å². The van der Waals surface area contributed by atoms with Crippen LogP contribution in [-0.2, 0) is 7.05 Å². The molecule has 0 fully saturated rings. The monoisotopic (exact) mass is 499 g/mol. The number of rotatable bonds is 3. The molecule has 3 heteroatoms. The van der Waals surface area contributed by atoms with Gasteiger partial charge in [0.05, 0.1) is 30.2 Å². The van der Waals surface area contributed by atoms with Gasteiger partial charge in [-0.2, -0.15) is 4.57 Å². The van der Waals surface area contributed by atoms with E-state index in [4.69, 9.17) is 0 Å². The summed E-state index contributed by atoms with van der Waals surface area (Å²) in [6.45, 7) is 14.0. The van der Waals surface area contributed by atoms with Crippen molar-refractivity contribution in [3.05, 3.63) is 102 Å². The molecule has 0 atom stereocenters. The van der Waals surface area contributed by atoms with Gasteiger partial charge in [0.1, 0.15) is 7.05 Å². The number of aryl methyl sites for hydroxylation is 3. The van der Waals surface area contributed by atoms with E-state index in [1.165, 1.54) is 71.5 Å². The first-order valence-corrected chi connectivity index (χ1v) is 16.7. The van der Waals surface area contributed by atoms with Gasteiger partial charge >= 0.3 is 0 Å². The standard InChI is InChI=1S/C34H35N2Si/c1-22-19-23(2)24(3)27(20-22)31-21-32(25-13-8-10-15-28(25)35(31)4)36-29-16-11-9-14-26(29)34-30(36)17-12-18-33(34)37(5,6)7/h8-21H,1-7H3/q+1. The molecule has 0 aliphatic heterocycles. The fraction of sp³-hybridized carbons (Fsp3) is 0.206. The molecule has 0 spiro atoms. The van der Waals surface area contributed by atoms with E-state index in [0.29, 0.717) is 0 Å². The summed E-state index contributed by atoms with van der Waals surface area (Å²) >= 11 is 0. The van der Waals surface area contributed by atoms with Crippen LogP contribution in [0.3, 0.4) is 0 Å². The summed E-state index contributed by atoms with van der Waals surface area (Å²) in [5.74, 6) is 0. The van der Waals surface area contributed by atoms with Gasteiger partial charge in [0, 0.05) is 28.5 Å². The van der Waals surface area contributed by atoms with Gasteiger partial charge in [-0.05, 0) is 56.2 Å². The maximum Gasteiger partial charge on any atom is 0.215 e. The van der Waals surface area contributed by atoms with Crippen LogP contribution in [0.25, 0.3) is 49.7 Å². The second kappa shape index (κ2) is 8.42. The average molecular weight is 500 g/mol. The minimum atomic E-state index is -1.57. The van der Waals surface area contributed by atoms with E-state index < -0.39 is 8.07 Å². The van der Waals surface area contributed by atoms with Crippen molar-refractivity contribution in [1.29, 1.82) is 0 Å². The third kappa shape index (κ3) is 3.64. The van der Waals surface area contributed by atoms with Crippen LogP contribution >= 0.6 is 0 Å². The number of aromatic nitrogens is 2. The van der Waals surface area contributed by atoms with Gasteiger partial charge in [-0.25, -0.2) is 0 Å². The maximum absolute atomic E-state index is 2.51. The summed E-state index contributed by atoms with van der Waals surface area (Å²) < 4.78 is 4.87. The topological polar surface area (TPSA) is 8.81 Å². The molecule has 6 aromatic rings. The fourth-order valence-corrected chi connectivity index (χ4v) is 7.68. The molecule has 2 aromatic heterocycles. The van der Waals surface area contributed by atoms with Crippen molar-refractivity contribution in [3.63, 3.8) is 0 Å². The maximum atomic E-state index is 2.51. The molecule has 0 saturated carbocycles. The quantitative estimate of drug-likeness (QED) is 0.173. The third-order valence-corrected chi connectivity index (χ3v) is 10.0. The second-order valence-corrected chi connectivity index (χ2v) is 16.6. The van der Waals surface area contributed by atoms with Crippen molar-refractivity contribution in [1.82, 2.24) is 4.57 Å². The molecule has 0 aliphatic rings. The van der Waals surface area contributed by atoms with E-state index in [-0.39, 0.29) is 0 Å². The van der Waals surface area contributed by atoms with Gasteiger partial charge in [0.25, 0.3) is 0 Å². The van der Waals surface area contributed by atoms with Crippen molar-refractivity contribution in [2.75, 3.05) is 0 Å². The van der Waals surface area contributed by atoms with Crippen LogP contribution in [0.1, 0.15) is 16.7 Å². The lowest BCUT2D eigenvalue weighted by atomic mass is 9.96. The Hall–Kier alpha value is -3.69. The lowest BCUT2D eigenvalue weighted by Crippen LogP contribution is -2.37. The van der Waals surface area contributed by atoms with E-state index in [1.54, 1.807) is 0 Å². The minimum absolute atomic E-state index is 1.24. The number of benzene rings is 4. The Morgan fingerprint density at radius 1 is 0.703 bits per heavy atom. The molecule has 0 aliphatic carbocycles. The first-order chi connectivity index (χ1) is 17.7. The Morgan fingerprint density at radius 3 is 2.14 bits per heavy atom. The number of pyridine rings is 1. The zero-order valence-corrected chi connectivity index (χ0v) is 24.0. The fourth-order valence-electron chi connectivity index (χ4n) is 6.07. The smallest absolute Gasteiger partial charge is 0.215 e. The first kappa shape index (κ1) is 23.7. The molecule has 184 valence electrons. The van der Waals surface area contributed by atoms with Crippen LogP contribution in [-0.4, -0.2) is 12.6 Å². The summed E-state index contributed by atoms with van der Waals surface area (Å²) in [5, 5.41) is 5.55. The molecule has 0 radical (unpaired) electrons. The Bertz CT molecular complexity index is 1850. The van der Waals surface area contributed by atoms with Crippen LogP contribution in [0.5, 0.6) is 0 Å². The number of fused-ring (bicyclic) bond motifs is 4. The van der Waals surface area contributed by atoms with E-state index in [2.05, 4.69) is 142 Å². The molecule has 0 unspecified atom stereocenters. The molecule has 0 bridgehead atoms. The Balaban J connectivity index is 1.81. The SMILES string of the molecule is Cc1cc(C)c(C)c(-c2cc(-n3c4ccccc4c4c([Si](C)(C)C)cccc43)c3ccccc3[n+]2C)c1. The molecule has 37 heavy (non-hydrogen) atoms. The molecule has 2 nitrogen and oxygen atoms in total. The zero-order valence-electron chi connectivity index (χ0n) is 23.0. The highest BCUT2D eigenvalue weighted by atomic mass is 28.3. The number of hydrogen-bond acceptors (Lipinski definition) is 0. The lowest BCUT2D eigenvalue weighted by Gasteiger charge is -2.19. The van der Waals surface area contributed by atoms with Crippen molar-refractivity contribution >= 4 is 46.0 Å². The highest BCUT2D eigenvalue weighted by Crippen LogP contribution is 2.36. The van der Waals surface area contributed by atoms with Crippen LogP contribution in [0.4, 0.5) is 0 Å². The number of hydrogen-bond donors (Lipinski definition) is 0. The van der Waals surface area contributed by atoms with Gasteiger partial charge in [0.2, 0.25) is 11.2 Å². The van der Waals surface area contributed by atoms with Gasteiger partial charge in [-0.1, -0.05) is 78.9 Å². The zero-order chi connectivity index (χ0) is 26.1. The van der Waals surface area contributed by atoms with Crippen LogP contribution in [0, 0.1) is 20.8 Å². The summed E-state index contributed by atoms with van der Waals surface area (Å²) in [7, 11) is 0.636. The Morgan fingerprint density at radius 2 is 1.38 bits per heavy atom.